The maximum Gasteiger partial charge on any atom is 0.276 e. The Morgan fingerprint density at radius 1 is 1.08 bits per heavy atom. The molecule has 1 saturated heterocycles. The maximum absolute atomic E-state index is 13.4. The summed E-state index contributed by atoms with van der Waals surface area (Å²) in [4.78, 5) is 27.5. The van der Waals surface area contributed by atoms with Crippen LogP contribution in [0.2, 0.25) is 10.0 Å². The number of fused-ring (bicyclic) bond motifs is 1. The van der Waals surface area contributed by atoms with Crippen LogP contribution in [0.15, 0.2) is 47.0 Å². The van der Waals surface area contributed by atoms with Gasteiger partial charge in [-0.3, -0.25) is 9.59 Å². The topological polar surface area (TPSA) is 103 Å². The Balaban J connectivity index is 1.22. The summed E-state index contributed by atoms with van der Waals surface area (Å²) < 4.78 is 21.8. The SMILES string of the molecule is O=C(CCN(CC1CCCO1)C(=O)c1cc(-c2ccc(Cl)cc2Cl)on1)NCc1ccc2c(c1)OCO2. The minimum absolute atomic E-state index is 0.0854. The van der Waals surface area contributed by atoms with Gasteiger partial charge in [-0.05, 0) is 48.7 Å². The van der Waals surface area contributed by atoms with Gasteiger partial charge < -0.3 is 29.0 Å². The molecular weight excluding hydrogens is 521 g/mol. The van der Waals surface area contributed by atoms with E-state index in [1.54, 1.807) is 29.2 Å². The highest BCUT2D eigenvalue weighted by molar-refractivity contribution is 6.36. The monoisotopic (exact) mass is 545 g/mol. The molecule has 0 spiro atoms. The Bertz CT molecular complexity index is 1290. The third kappa shape index (κ3) is 6.18. The highest BCUT2D eigenvalue weighted by Gasteiger charge is 2.26. The molecule has 3 heterocycles. The van der Waals surface area contributed by atoms with Crippen LogP contribution in [0.3, 0.4) is 0 Å². The van der Waals surface area contributed by atoms with Gasteiger partial charge in [-0.25, -0.2) is 0 Å². The normalized spacial score (nSPS) is 16.1. The number of aromatic nitrogens is 1. The van der Waals surface area contributed by atoms with E-state index in [1.165, 1.54) is 0 Å². The molecule has 9 nitrogen and oxygen atoms in total. The Hall–Kier alpha value is -3.27. The largest absolute Gasteiger partial charge is 0.454 e. The summed E-state index contributed by atoms with van der Waals surface area (Å²) in [6, 6.07) is 12.0. The summed E-state index contributed by atoms with van der Waals surface area (Å²) in [5, 5.41) is 7.73. The van der Waals surface area contributed by atoms with Crippen molar-refractivity contribution in [1.82, 2.24) is 15.4 Å². The third-order valence-electron chi connectivity index (χ3n) is 6.20. The second kappa shape index (κ2) is 11.4. The smallest absolute Gasteiger partial charge is 0.276 e. The molecule has 1 fully saturated rings. The van der Waals surface area contributed by atoms with Crippen molar-refractivity contribution in [2.75, 3.05) is 26.5 Å². The van der Waals surface area contributed by atoms with Crippen LogP contribution in [-0.4, -0.2) is 54.5 Å². The van der Waals surface area contributed by atoms with Crippen molar-refractivity contribution in [2.24, 2.45) is 0 Å². The molecule has 0 saturated carbocycles. The number of benzene rings is 2. The van der Waals surface area contributed by atoms with E-state index in [-0.39, 0.29) is 43.4 Å². The van der Waals surface area contributed by atoms with Gasteiger partial charge >= 0.3 is 0 Å². The summed E-state index contributed by atoms with van der Waals surface area (Å²) in [6.07, 6.45) is 1.82. The Kier molecular flexibility index (Phi) is 7.83. The molecule has 1 N–H and O–H groups in total. The number of carbonyl (C=O) groups excluding carboxylic acids is 2. The van der Waals surface area contributed by atoms with E-state index in [0.29, 0.717) is 52.6 Å². The lowest BCUT2D eigenvalue weighted by Gasteiger charge is -2.24. The first-order valence-electron chi connectivity index (χ1n) is 11.9. The minimum Gasteiger partial charge on any atom is -0.454 e. The lowest BCUT2D eigenvalue weighted by molar-refractivity contribution is -0.121. The first-order chi connectivity index (χ1) is 18.0. The first-order valence-corrected chi connectivity index (χ1v) is 12.7. The van der Waals surface area contributed by atoms with Crippen molar-refractivity contribution in [1.29, 1.82) is 0 Å². The first kappa shape index (κ1) is 25.4. The summed E-state index contributed by atoms with van der Waals surface area (Å²) in [7, 11) is 0. The number of nitrogens with one attached hydrogen (secondary N) is 1. The molecule has 2 aliphatic heterocycles. The van der Waals surface area contributed by atoms with E-state index < -0.39 is 0 Å². The van der Waals surface area contributed by atoms with Gasteiger partial charge in [0, 0.05) is 49.3 Å². The van der Waals surface area contributed by atoms with E-state index in [0.717, 1.165) is 18.4 Å². The van der Waals surface area contributed by atoms with Crippen LogP contribution in [0.1, 0.15) is 35.3 Å². The van der Waals surface area contributed by atoms with Crippen molar-refractivity contribution in [3.05, 3.63) is 63.8 Å². The molecule has 1 aromatic heterocycles. The molecule has 37 heavy (non-hydrogen) atoms. The van der Waals surface area contributed by atoms with Gasteiger partial charge in [-0.2, -0.15) is 0 Å². The fraction of sp³-hybridized carbons (Fsp3) is 0.346. The Morgan fingerprint density at radius 3 is 2.76 bits per heavy atom. The number of rotatable bonds is 9. The van der Waals surface area contributed by atoms with Crippen molar-refractivity contribution in [3.8, 4) is 22.8 Å². The second-order valence-electron chi connectivity index (χ2n) is 8.80. The Labute approximate surface area is 223 Å². The summed E-state index contributed by atoms with van der Waals surface area (Å²) >= 11 is 12.2. The summed E-state index contributed by atoms with van der Waals surface area (Å²) in [5.74, 6) is 1.17. The van der Waals surface area contributed by atoms with E-state index in [9.17, 15) is 9.59 Å². The fourth-order valence-electron chi connectivity index (χ4n) is 4.24. The van der Waals surface area contributed by atoms with Gasteiger partial charge in [-0.15, -0.1) is 0 Å². The molecule has 1 atom stereocenters. The molecule has 3 aromatic rings. The molecule has 2 aromatic carbocycles. The molecule has 194 valence electrons. The van der Waals surface area contributed by atoms with Gasteiger partial charge in [0.25, 0.3) is 5.91 Å². The number of amides is 2. The van der Waals surface area contributed by atoms with Crippen LogP contribution < -0.4 is 14.8 Å². The standard InChI is InChI=1S/C26H25Cl2N3O6/c27-17-4-5-19(20(28)11-17)23-12-21(30-37-23)26(33)31(14-18-2-1-9-34-18)8-7-25(32)29-13-16-3-6-22-24(10-16)36-15-35-22/h3-6,10-12,18H,1-2,7-9,13-15H2,(H,29,32). The number of nitrogens with zero attached hydrogens (tertiary/aromatic N) is 2. The van der Waals surface area contributed by atoms with Crippen LogP contribution in [0, 0.1) is 0 Å². The number of carbonyl (C=O) groups is 2. The van der Waals surface area contributed by atoms with Gasteiger partial charge in [0.1, 0.15) is 0 Å². The van der Waals surface area contributed by atoms with Gasteiger partial charge in [0.15, 0.2) is 23.0 Å². The maximum atomic E-state index is 13.4. The zero-order valence-electron chi connectivity index (χ0n) is 19.9. The van der Waals surface area contributed by atoms with E-state index >= 15 is 0 Å². The van der Waals surface area contributed by atoms with Crippen LogP contribution in [0.4, 0.5) is 0 Å². The van der Waals surface area contributed by atoms with Crippen molar-refractivity contribution >= 4 is 35.0 Å². The molecular formula is C26H25Cl2N3O6. The lowest BCUT2D eigenvalue weighted by atomic mass is 10.1. The molecule has 0 bridgehead atoms. The van der Waals surface area contributed by atoms with Crippen molar-refractivity contribution < 1.29 is 28.3 Å². The van der Waals surface area contributed by atoms with Gasteiger partial charge in [0.2, 0.25) is 12.7 Å². The summed E-state index contributed by atoms with van der Waals surface area (Å²) in [5.41, 5.74) is 1.59. The minimum atomic E-state index is -0.348. The molecule has 5 rings (SSSR count). The Morgan fingerprint density at radius 2 is 1.95 bits per heavy atom. The van der Waals surface area contributed by atoms with Crippen LogP contribution in [0.25, 0.3) is 11.3 Å². The molecule has 0 radical (unpaired) electrons. The lowest BCUT2D eigenvalue weighted by Crippen LogP contribution is -2.40. The highest BCUT2D eigenvalue weighted by atomic mass is 35.5. The van der Waals surface area contributed by atoms with Crippen LogP contribution >= 0.6 is 23.2 Å². The zero-order chi connectivity index (χ0) is 25.8. The molecule has 1 unspecified atom stereocenters. The van der Waals surface area contributed by atoms with E-state index in [1.807, 2.05) is 18.2 Å². The molecule has 11 heteroatoms. The third-order valence-corrected chi connectivity index (χ3v) is 6.74. The number of halogens is 2. The fourth-order valence-corrected chi connectivity index (χ4v) is 4.74. The second-order valence-corrected chi connectivity index (χ2v) is 9.64. The zero-order valence-corrected chi connectivity index (χ0v) is 21.4. The highest BCUT2D eigenvalue weighted by Crippen LogP contribution is 2.33. The predicted octanol–water partition coefficient (Wildman–Crippen LogP) is 4.70. The molecule has 0 aliphatic carbocycles. The average molecular weight is 546 g/mol. The van der Waals surface area contributed by atoms with Gasteiger partial charge in [0.05, 0.1) is 11.1 Å². The average Bonchev–Trinajstić information content (AvgIpc) is 3.66. The van der Waals surface area contributed by atoms with Crippen molar-refractivity contribution in [3.63, 3.8) is 0 Å². The molecule has 2 aliphatic rings. The molecule has 2 amide bonds. The van der Waals surface area contributed by atoms with Gasteiger partial charge in [-0.1, -0.05) is 34.4 Å². The van der Waals surface area contributed by atoms with Crippen molar-refractivity contribution in [2.45, 2.75) is 31.9 Å². The number of ether oxygens (including phenoxy) is 3. The van der Waals surface area contributed by atoms with E-state index in [4.69, 9.17) is 41.9 Å². The quantitative estimate of drug-likeness (QED) is 0.415. The van der Waals surface area contributed by atoms with E-state index in [2.05, 4.69) is 10.5 Å². The van der Waals surface area contributed by atoms with Crippen LogP contribution in [-0.2, 0) is 16.1 Å². The number of hydrogen-bond donors (Lipinski definition) is 1. The predicted molar refractivity (Wildman–Crippen MR) is 136 cm³/mol. The van der Waals surface area contributed by atoms with Crippen LogP contribution in [0.5, 0.6) is 11.5 Å². The number of hydrogen-bond acceptors (Lipinski definition) is 7. The summed E-state index contributed by atoms with van der Waals surface area (Å²) in [6.45, 7) is 1.75.